The minimum absolute atomic E-state index is 0.127. The van der Waals surface area contributed by atoms with Crippen LogP contribution in [0.4, 0.5) is 5.69 Å². The second-order valence-electron chi connectivity index (χ2n) is 7.10. The van der Waals surface area contributed by atoms with Gasteiger partial charge in [-0.3, -0.25) is 9.59 Å². The van der Waals surface area contributed by atoms with E-state index in [4.69, 9.17) is 4.74 Å². The number of para-hydroxylation sites is 1. The van der Waals surface area contributed by atoms with Crippen LogP contribution in [-0.2, 0) is 16.1 Å². The van der Waals surface area contributed by atoms with Crippen molar-refractivity contribution in [2.45, 2.75) is 50.7 Å². The number of rotatable bonds is 6. The highest BCUT2D eigenvalue weighted by molar-refractivity contribution is 6.04. The monoisotopic (exact) mass is 365 g/mol. The van der Waals surface area contributed by atoms with Gasteiger partial charge in [-0.15, -0.1) is 0 Å². The van der Waals surface area contributed by atoms with Crippen LogP contribution in [0.25, 0.3) is 0 Å². The van der Waals surface area contributed by atoms with Crippen LogP contribution in [0.5, 0.6) is 5.88 Å². The van der Waals surface area contributed by atoms with E-state index in [1.165, 1.54) is 12.8 Å². The third kappa shape index (κ3) is 3.94. The Morgan fingerprint density at radius 3 is 2.85 bits per heavy atom. The lowest BCUT2D eigenvalue weighted by molar-refractivity contribution is -0.125. The number of aromatic nitrogens is 1. The third-order valence-corrected chi connectivity index (χ3v) is 5.21. The van der Waals surface area contributed by atoms with Gasteiger partial charge < -0.3 is 15.4 Å². The number of nitrogens with one attached hydrogen (secondary N) is 2. The van der Waals surface area contributed by atoms with Gasteiger partial charge in [0.1, 0.15) is 6.10 Å². The number of carbonyl (C=O) groups excluding carboxylic acids is 2. The van der Waals surface area contributed by atoms with Gasteiger partial charge in [0, 0.05) is 30.4 Å². The summed E-state index contributed by atoms with van der Waals surface area (Å²) in [6, 6.07) is 11.2. The number of hydrogen-bond donors (Lipinski definition) is 2. The maximum atomic E-state index is 12.4. The number of nitrogens with zero attached hydrogens (tertiary/aromatic N) is 1. The molecule has 4 rings (SSSR count). The van der Waals surface area contributed by atoms with Crippen molar-refractivity contribution in [3.05, 3.63) is 53.7 Å². The molecule has 6 heteroatoms. The van der Waals surface area contributed by atoms with Gasteiger partial charge >= 0.3 is 0 Å². The van der Waals surface area contributed by atoms with E-state index in [1.807, 2.05) is 36.4 Å². The molecule has 0 bridgehead atoms. The average molecular weight is 365 g/mol. The fraction of sp³-hybridized carbons (Fsp3) is 0.381. The maximum absolute atomic E-state index is 12.4. The average Bonchev–Trinajstić information content (AvgIpc) is 3.29. The first-order chi connectivity index (χ1) is 13.2. The molecule has 1 aliphatic heterocycles. The van der Waals surface area contributed by atoms with Crippen LogP contribution in [0.15, 0.2) is 42.6 Å². The number of fused-ring (bicyclic) bond motifs is 1. The van der Waals surface area contributed by atoms with Crippen molar-refractivity contribution in [2.75, 3.05) is 5.32 Å². The largest absolute Gasteiger partial charge is 0.474 e. The van der Waals surface area contributed by atoms with Crippen molar-refractivity contribution >= 4 is 17.5 Å². The minimum Gasteiger partial charge on any atom is -0.474 e. The Kier molecular flexibility index (Phi) is 5.05. The Hall–Kier alpha value is -2.89. The number of pyridine rings is 1. The first-order valence-electron chi connectivity index (χ1n) is 9.48. The molecule has 2 heterocycles. The van der Waals surface area contributed by atoms with E-state index in [2.05, 4.69) is 15.6 Å². The molecule has 1 aromatic carbocycles. The number of anilines is 1. The number of benzene rings is 1. The summed E-state index contributed by atoms with van der Waals surface area (Å²) in [7, 11) is 0. The molecule has 1 aromatic heterocycles. The summed E-state index contributed by atoms with van der Waals surface area (Å²) in [5.41, 5.74) is 2.53. The van der Waals surface area contributed by atoms with Gasteiger partial charge in [0.05, 0.1) is 5.92 Å². The molecule has 1 saturated carbocycles. The molecule has 0 unspecified atom stereocenters. The lowest BCUT2D eigenvalue weighted by Crippen LogP contribution is -2.27. The molecule has 1 aliphatic carbocycles. The second-order valence-corrected chi connectivity index (χ2v) is 7.10. The van der Waals surface area contributed by atoms with E-state index in [1.54, 1.807) is 6.20 Å². The molecule has 2 amide bonds. The number of hydrogen-bond acceptors (Lipinski definition) is 4. The number of ether oxygens (including phenoxy) is 1. The topological polar surface area (TPSA) is 80.3 Å². The van der Waals surface area contributed by atoms with Crippen LogP contribution < -0.4 is 15.4 Å². The summed E-state index contributed by atoms with van der Waals surface area (Å²) in [4.78, 5) is 28.9. The Balaban J connectivity index is 1.37. The van der Waals surface area contributed by atoms with Crippen LogP contribution in [0.1, 0.15) is 49.1 Å². The van der Waals surface area contributed by atoms with Gasteiger partial charge in [0.2, 0.25) is 17.7 Å². The zero-order valence-corrected chi connectivity index (χ0v) is 15.1. The van der Waals surface area contributed by atoms with Crippen molar-refractivity contribution in [3.63, 3.8) is 0 Å². The van der Waals surface area contributed by atoms with Crippen molar-refractivity contribution in [2.24, 2.45) is 0 Å². The lowest BCUT2D eigenvalue weighted by Gasteiger charge is -2.16. The van der Waals surface area contributed by atoms with Crippen molar-refractivity contribution in [1.82, 2.24) is 10.3 Å². The van der Waals surface area contributed by atoms with E-state index >= 15 is 0 Å². The Morgan fingerprint density at radius 1 is 1.19 bits per heavy atom. The lowest BCUT2D eigenvalue weighted by atomic mass is 9.97. The second kappa shape index (κ2) is 7.78. The molecule has 1 fully saturated rings. The summed E-state index contributed by atoms with van der Waals surface area (Å²) in [5, 5.41) is 5.73. The van der Waals surface area contributed by atoms with Gasteiger partial charge in [-0.25, -0.2) is 4.98 Å². The number of amides is 2. The molecule has 1 atom stereocenters. The SMILES string of the molecule is O=C(C[C@H]1C(=O)Nc2ccccc21)NCc1cccnc1OC1CCCC1. The molecular weight excluding hydrogens is 342 g/mol. The van der Waals surface area contributed by atoms with E-state index in [0.29, 0.717) is 12.4 Å². The van der Waals surface area contributed by atoms with Gasteiger partial charge in [-0.1, -0.05) is 24.3 Å². The van der Waals surface area contributed by atoms with Gasteiger partial charge in [0.25, 0.3) is 0 Å². The number of carbonyl (C=O) groups is 2. The first kappa shape index (κ1) is 17.5. The van der Waals surface area contributed by atoms with Crippen molar-refractivity contribution in [1.29, 1.82) is 0 Å². The highest BCUT2D eigenvalue weighted by Crippen LogP contribution is 2.34. The van der Waals surface area contributed by atoms with Crippen molar-refractivity contribution in [3.8, 4) is 5.88 Å². The molecule has 2 aromatic rings. The zero-order valence-electron chi connectivity index (χ0n) is 15.1. The smallest absolute Gasteiger partial charge is 0.232 e. The summed E-state index contributed by atoms with van der Waals surface area (Å²) >= 11 is 0. The van der Waals surface area contributed by atoms with Crippen LogP contribution in [0, 0.1) is 0 Å². The first-order valence-corrected chi connectivity index (χ1v) is 9.48. The van der Waals surface area contributed by atoms with E-state index in [-0.39, 0.29) is 24.3 Å². The molecule has 0 saturated heterocycles. The standard InChI is InChI=1S/C21H23N3O3/c25-19(12-17-16-9-3-4-10-18(16)24-20(17)26)23-13-14-6-5-11-22-21(14)27-15-7-1-2-8-15/h3-6,9-11,15,17H,1-2,7-8,12-13H2,(H,23,25)(H,24,26)/t17-/m1/s1. The summed E-state index contributed by atoms with van der Waals surface area (Å²) < 4.78 is 6.01. The van der Waals surface area contributed by atoms with Crippen LogP contribution in [-0.4, -0.2) is 22.9 Å². The quantitative estimate of drug-likeness (QED) is 0.824. The molecule has 0 spiro atoms. The van der Waals surface area contributed by atoms with Crippen LogP contribution in [0.3, 0.4) is 0 Å². The molecule has 2 N–H and O–H groups in total. The molecular formula is C21H23N3O3. The van der Waals surface area contributed by atoms with E-state index < -0.39 is 5.92 Å². The Labute approximate surface area is 158 Å². The Morgan fingerprint density at radius 2 is 2.00 bits per heavy atom. The van der Waals surface area contributed by atoms with E-state index in [0.717, 1.165) is 29.7 Å². The summed E-state index contributed by atoms with van der Waals surface area (Å²) in [6.07, 6.45) is 6.53. The molecule has 2 aliphatic rings. The maximum Gasteiger partial charge on any atom is 0.232 e. The summed E-state index contributed by atoms with van der Waals surface area (Å²) in [6.45, 7) is 0.338. The predicted molar refractivity (Wildman–Crippen MR) is 101 cm³/mol. The highest BCUT2D eigenvalue weighted by atomic mass is 16.5. The van der Waals surface area contributed by atoms with Gasteiger partial charge in [-0.2, -0.15) is 0 Å². The predicted octanol–water partition coefficient (Wildman–Crippen LogP) is 3.15. The van der Waals surface area contributed by atoms with Gasteiger partial charge in [-0.05, 0) is 43.4 Å². The molecule has 140 valence electrons. The Bertz CT molecular complexity index is 846. The van der Waals surface area contributed by atoms with Crippen LogP contribution >= 0.6 is 0 Å². The molecule has 27 heavy (non-hydrogen) atoms. The molecule has 0 radical (unpaired) electrons. The third-order valence-electron chi connectivity index (χ3n) is 5.21. The normalized spacial score (nSPS) is 18.8. The minimum atomic E-state index is -0.440. The highest BCUT2D eigenvalue weighted by Gasteiger charge is 2.31. The fourth-order valence-electron chi connectivity index (χ4n) is 3.76. The zero-order chi connectivity index (χ0) is 18.6. The van der Waals surface area contributed by atoms with E-state index in [9.17, 15) is 9.59 Å². The van der Waals surface area contributed by atoms with Crippen molar-refractivity contribution < 1.29 is 14.3 Å². The molecule has 6 nitrogen and oxygen atoms in total. The fourth-order valence-corrected chi connectivity index (χ4v) is 3.76. The summed E-state index contributed by atoms with van der Waals surface area (Å²) in [5.74, 6) is -0.140. The van der Waals surface area contributed by atoms with Crippen LogP contribution in [0.2, 0.25) is 0 Å². The van der Waals surface area contributed by atoms with Gasteiger partial charge in [0.15, 0.2) is 0 Å².